The molecule has 0 atom stereocenters. The second-order valence-corrected chi connectivity index (χ2v) is 9.30. The Morgan fingerprint density at radius 3 is 2.49 bits per heavy atom. The van der Waals surface area contributed by atoms with Crippen LogP contribution >= 0.6 is 0 Å². The molecule has 7 nitrogen and oxygen atoms in total. The van der Waals surface area contributed by atoms with Gasteiger partial charge >= 0.3 is 0 Å². The van der Waals surface area contributed by atoms with Gasteiger partial charge in [-0.3, -0.25) is 24.5 Å². The molecule has 0 saturated carbocycles. The number of hydrogen-bond donors (Lipinski definition) is 0. The minimum absolute atomic E-state index is 0.0323. The van der Waals surface area contributed by atoms with E-state index in [9.17, 15) is 9.59 Å². The van der Waals surface area contributed by atoms with Gasteiger partial charge in [0.2, 0.25) is 5.91 Å². The van der Waals surface area contributed by atoms with Crippen molar-refractivity contribution in [3.8, 4) is 0 Å². The molecule has 2 amide bonds. The number of aliphatic imine (C=N–C) groups is 2. The number of likely N-dealkylation sites (tertiary alicyclic amines) is 1. The van der Waals surface area contributed by atoms with Crippen molar-refractivity contribution in [3.63, 3.8) is 0 Å². The number of carbonyl (C=O) groups is 2. The first-order valence-corrected chi connectivity index (χ1v) is 12.3. The molecule has 0 aliphatic carbocycles. The molecule has 2 aromatic rings. The van der Waals surface area contributed by atoms with Gasteiger partial charge in [-0.15, -0.1) is 0 Å². The highest BCUT2D eigenvalue weighted by Gasteiger charge is 2.30. The highest BCUT2D eigenvalue weighted by molar-refractivity contribution is 6.17. The van der Waals surface area contributed by atoms with E-state index < -0.39 is 0 Å². The third-order valence-electron chi connectivity index (χ3n) is 6.99. The van der Waals surface area contributed by atoms with E-state index in [2.05, 4.69) is 45.2 Å². The van der Waals surface area contributed by atoms with E-state index in [0.717, 1.165) is 55.8 Å². The molecule has 0 aromatic heterocycles. The summed E-state index contributed by atoms with van der Waals surface area (Å²) in [4.78, 5) is 40.3. The lowest BCUT2D eigenvalue weighted by Gasteiger charge is -2.38. The Bertz CT molecular complexity index is 1150. The van der Waals surface area contributed by atoms with E-state index in [-0.39, 0.29) is 24.0 Å². The van der Waals surface area contributed by atoms with Crippen molar-refractivity contribution < 1.29 is 9.59 Å². The Morgan fingerprint density at radius 2 is 1.77 bits per heavy atom. The van der Waals surface area contributed by atoms with E-state index in [1.165, 1.54) is 5.56 Å². The van der Waals surface area contributed by atoms with Crippen LogP contribution in [0.2, 0.25) is 0 Å². The van der Waals surface area contributed by atoms with Crippen LogP contribution in [0.3, 0.4) is 0 Å². The molecule has 1 fully saturated rings. The number of piperidine rings is 1. The molecule has 0 N–H and O–H groups in total. The summed E-state index contributed by atoms with van der Waals surface area (Å²) in [5, 5.41) is 0. The topological polar surface area (TPSA) is 68.6 Å². The molecule has 1 saturated heterocycles. The largest absolute Gasteiger partial charge is 0.312 e. The van der Waals surface area contributed by atoms with Gasteiger partial charge in [-0.1, -0.05) is 36.4 Å². The number of fused-ring (bicyclic) bond motifs is 1. The number of rotatable bonds is 6. The first kappa shape index (κ1) is 23.2. The van der Waals surface area contributed by atoms with Crippen LogP contribution in [0.15, 0.2) is 70.7 Å². The van der Waals surface area contributed by atoms with E-state index in [1.807, 2.05) is 28.0 Å². The molecule has 0 spiro atoms. The van der Waals surface area contributed by atoms with Gasteiger partial charge in [-0.05, 0) is 48.6 Å². The quantitative estimate of drug-likeness (QED) is 0.607. The molecule has 5 rings (SSSR count). The number of amides is 2. The third-order valence-corrected chi connectivity index (χ3v) is 6.99. The lowest BCUT2D eigenvalue weighted by molar-refractivity contribution is -0.116. The number of anilines is 2. The van der Waals surface area contributed by atoms with Crippen molar-refractivity contribution in [2.75, 3.05) is 29.4 Å². The summed E-state index contributed by atoms with van der Waals surface area (Å²) < 4.78 is 0. The normalized spacial score (nSPS) is 18.5. The van der Waals surface area contributed by atoms with Crippen molar-refractivity contribution >= 4 is 35.6 Å². The monoisotopic (exact) mass is 469 g/mol. The van der Waals surface area contributed by atoms with Crippen molar-refractivity contribution in [2.24, 2.45) is 9.98 Å². The molecule has 35 heavy (non-hydrogen) atoms. The number of benzene rings is 2. The molecule has 7 heteroatoms. The highest BCUT2D eigenvalue weighted by Crippen LogP contribution is 2.34. The summed E-state index contributed by atoms with van der Waals surface area (Å²) in [6.45, 7) is 5.06. The van der Waals surface area contributed by atoms with E-state index >= 15 is 0 Å². The lowest BCUT2D eigenvalue weighted by atomic mass is 10.0. The third kappa shape index (κ3) is 5.25. The summed E-state index contributed by atoms with van der Waals surface area (Å²) in [6.07, 6.45) is 8.93. The van der Waals surface area contributed by atoms with Crippen LogP contribution in [-0.2, 0) is 22.6 Å². The van der Waals surface area contributed by atoms with Gasteiger partial charge in [0.1, 0.15) is 0 Å². The molecule has 3 aliphatic rings. The zero-order valence-corrected chi connectivity index (χ0v) is 20.1. The zero-order chi connectivity index (χ0) is 24.2. The number of carbonyl (C=O) groups excluding carboxylic acids is 2. The Hall–Kier alpha value is -3.58. The van der Waals surface area contributed by atoms with Crippen LogP contribution in [0.1, 0.15) is 30.9 Å². The molecule has 0 bridgehead atoms. The lowest BCUT2D eigenvalue weighted by Crippen LogP contribution is -2.47. The Kier molecular flexibility index (Phi) is 6.86. The molecule has 3 aliphatic heterocycles. The van der Waals surface area contributed by atoms with Gasteiger partial charge in [0.25, 0.3) is 5.91 Å². The molecule has 0 radical (unpaired) electrons. The maximum Gasteiger partial charge on any atom is 0.251 e. The summed E-state index contributed by atoms with van der Waals surface area (Å²) in [5.74, 6) is -0.0408. The molecule has 3 heterocycles. The number of hydrogen-bond acceptors (Lipinski definition) is 5. The van der Waals surface area contributed by atoms with Crippen LogP contribution < -0.4 is 9.80 Å². The summed E-state index contributed by atoms with van der Waals surface area (Å²) in [5.41, 5.74) is 4.22. The molecular formula is C28H31N5O2. The Morgan fingerprint density at radius 1 is 1.03 bits per heavy atom. The smallest absolute Gasteiger partial charge is 0.251 e. The minimum Gasteiger partial charge on any atom is -0.312 e. The Balaban J connectivity index is 1.36. The second kappa shape index (κ2) is 10.4. The molecule has 2 aromatic carbocycles. The standard InChI is InChI=1S/C28H31N5O2/c1-21(34)32-18-11-23-7-8-25(19-26(23)32)33(28(35)10-9-27-29-14-15-30-27)24-12-16-31(17-13-24)20-22-5-3-2-4-6-22/h2-10,14-15,19,24,27H,11-13,16-18,20H2,1H3/b10-9+. The van der Waals surface area contributed by atoms with E-state index in [1.54, 1.807) is 31.5 Å². The summed E-state index contributed by atoms with van der Waals surface area (Å²) in [6, 6.07) is 16.7. The predicted octanol–water partition coefficient (Wildman–Crippen LogP) is 3.63. The molecule has 180 valence electrons. The average Bonchev–Trinajstić information content (AvgIpc) is 3.54. The first-order valence-electron chi connectivity index (χ1n) is 12.3. The highest BCUT2D eigenvalue weighted by atomic mass is 16.2. The van der Waals surface area contributed by atoms with Gasteiger partial charge in [0.05, 0.1) is 0 Å². The summed E-state index contributed by atoms with van der Waals surface area (Å²) in [7, 11) is 0. The van der Waals surface area contributed by atoms with Gasteiger partial charge in [0, 0.05) is 69.0 Å². The summed E-state index contributed by atoms with van der Waals surface area (Å²) >= 11 is 0. The van der Waals surface area contributed by atoms with Crippen LogP contribution in [-0.4, -0.2) is 61.0 Å². The zero-order valence-electron chi connectivity index (χ0n) is 20.1. The second-order valence-electron chi connectivity index (χ2n) is 9.30. The fraction of sp³-hybridized carbons (Fsp3) is 0.357. The van der Waals surface area contributed by atoms with Gasteiger partial charge in [-0.2, -0.15) is 0 Å². The minimum atomic E-state index is -0.332. The fourth-order valence-corrected chi connectivity index (χ4v) is 5.18. The van der Waals surface area contributed by atoms with Crippen molar-refractivity contribution in [2.45, 2.75) is 44.9 Å². The van der Waals surface area contributed by atoms with Crippen molar-refractivity contribution in [1.29, 1.82) is 0 Å². The van der Waals surface area contributed by atoms with Crippen LogP contribution in [0.5, 0.6) is 0 Å². The van der Waals surface area contributed by atoms with E-state index in [4.69, 9.17) is 0 Å². The van der Waals surface area contributed by atoms with Crippen LogP contribution in [0, 0.1) is 0 Å². The Labute approximate surface area is 206 Å². The van der Waals surface area contributed by atoms with Gasteiger partial charge in [-0.25, -0.2) is 0 Å². The van der Waals surface area contributed by atoms with E-state index in [0.29, 0.717) is 6.54 Å². The van der Waals surface area contributed by atoms with Crippen molar-refractivity contribution in [1.82, 2.24) is 4.90 Å². The van der Waals surface area contributed by atoms with Gasteiger partial charge < -0.3 is 9.80 Å². The SMILES string of the molecule is CC(=O)N1CCc2ccc(N(C(=O)/C=C/C3N=CC=N3)C3CCN(Cc4ccccc4)CC3)cc21. The van der Waals surface area contributed by atoms with Crippen LogP contribution in [0.25, 0.3) is 0 Å². The maximum absolute atomic E-state index is 13.5. The first-order chi connectivity index (χ1) is 17.1. The molecule has 0 unspecified atom stereocenters. The fourth-order valence-electron chi connectivity index (χ4n) is 5.18. The maximum atomic E-state index is 13.5. The predicted molar refractivity (Wildman–Crippen MR) is 140 cm³/mol. The molecular weight excluding hydrogens is 438 g/mol. The average molecular weight is 470 g/mol. The van der Waals surface area contributed by atoms with Crippen molar-refractivity contribution in [3.05, 3.63) is 71.8 Å². The van der Waals surface area contributed by atoms with Gasteiger partial charge in [0.15, 0.2) is 6.17 Å². The van der Waals surface area contributed by atoms with Crippen LogP contribution in [0.4, 0.5) is 11.4 Å². The number of nitrogens with zero attached hydrogens (tertiary/aromatic N) is 5.